The average molecular weight is 468 g/mol. The Morgan fingerprint density at radius 1 is 0.969 bits per heavy atom. The van der Waals surface area contributed by atoms with Gasteiger partial charge in [-0.2, -0.15) is 0 Å². The van der Waals surface area contributed by atoms with Crippen LogP contribution in [0.25, 0.3) is 5.76 Å². The number of rotatable bonds is 4. The average Bonchev–Trinajstić information content (AvgIpc) is 3.06. The van der Waals surface area contributed by atoms with Gasteiger partial charge < -0.3 is 9.84 Å². The molecule has 3 aromatic carbocycles. The summed E-state index contributed by atoms with van der Waals surface area (Å²) in [4.78, 5) is 27.7. The molecule has 7 heteroatoms. The number of carbonyl (C=O) groups excluding carboxylic acids is 2. The second-order valence-electron chi connectivity index (χ2n) is 7.41. The zero-order valence-electron chi connectivity index (χ0n) is 17.3. The van der Waals surface area contributed by atoms with Gasteiger partial charge in [0.2, 0.25) is 0 Å². The lowest BCUT2D eigenvalue weighted by Crippen LogP contribution is -2.29. The van der Waals surface area contributed by atoms with Crippen molar-refractivity contribution >= 4 is 46.3 Å². The molecule has 162 valence electrons. The number of methoxy groups -OCH3 is 1. The molecule has 1 fully saturated rings. The van der Waals surface area contributed by atoms with Crippen LogP contribution in [0, 0.1) is 6.92 Å². The number of aliphatic hydroxyl groups excluding tert-OH is 1. The highest BCUT2D eigenvalue weighted by atomic mass is 35.5. The molecule has 0 saturated carbocycles. The number of Topliss-reactive ketones (excluding diaryl/α,β-unsaturated/α-hetero) is 1. The molecule has 1 atom stereocenters. The van der Waals surface area contributed by atoms with Crippen molar-refractivity contribution in [3.8, 4) is 5.75 Å². The minimum Gasteiger partial charge on any atom is -0.507 e. The summed E-state index contributed by atoms with van der Waals surface area (Å²) >= 11 is 12.1. The molecule has 3 aromatic rings. The summed E-state index contributed by atoms with van der Waals surface area (Å²) in [5, 5.41) is 11.7. The van der Waals surface area contributed by atoms with E-state index in [1.807, 2.05) is 25.1 Å². The van der Waals surface area contributed by atoms with Gasteiger partial charge >= 0.3 is 0 Å². The Balaban J connectivity index is 1.95. The van der Waals surface area contributed by atoms with Crippen molar-refractivity contribution in [3.05, 3.63) is 99.0 Å². The van der Waals surface area contributed by atoms with Gasteiger partial charge in [-0.15, -0.1) is 0 Å². The summed E-state index contributed by atoms with van der Waals surface area (Å²) in [5.41, 5.74) is 2.40. The molecule has 0 bridgehead atoms. The van der Waals surface area contributed by atoms with Gasteiger partial charge in [0.05, 0.1) is 28.8 Å². The molecule has 1 N–H and O–H groups in total. The van der Waals surface area contributed by atoms with Crippen LogP contribution in [0.3, 0.4) is 0 Å². The number of carbonyl (C=O) groups is 2. The third-order valence-electron chi connectivity index (χ3n) is 5.35. The first kappa shape index (κ1) is 21.9. The molecule has 4 rings (SSSR count). The van der Waals surface area contributed by atoms with E-state index in [1.165, 1.54) is 17.0 Å². The normalized spacial score (nSPS) is 17.6. The number of ketones is 1. The fourth-order valence-electron chi connectivity index (χ4n) is 3.78. The van der Waals surface area contributed by atoms with E-state index >= 15 is 0 Å². The van der Waals surface area contributed by atoms with Crippen LogP contribution in [-0.2, 0) is 9.59 Å². The minimum absolute atomic E-state index is 0.0277. The Hall–Kier alpha value is -3.28. The first-order valence-electron chi connectivity index (χ1n) is 9.79. The number of amides is 1. The lowest BCUT2D eigenvalue weighted by Gasteiger charge is -2.26. The van der Waals surface area contributed by atoms with E-state index in [4.69, 9.17) is 27.9 Å². The monoisotopic (exact) mass is 467 g/mol. The topological polar surface area (TPSA) is 66.8 Å². The van der Waals surface area contributed by atoms with Crippen molar-refractivity contribution in [2.24, 2.45) is 0 Å². The van der Waals surface area contributed by atoms with E-state index in [0.717, 1.165) is 5.56 Å². The second kappa shape index (κ2) is 8.69. The van der Waals surface area contributed by atoms with Crippen molar-refractivity contribution in [1.82, 2.24) is 0 Å². The maximum Gasteiger partial charge on any atom is 0.300 e. The van der Waals surface area contributed by atoms with Gasteiger partial charge in [0, 0.05) is 11.3 Å². The third-order valence-corrected chi connectivity index (χ3v) is 6.09. The number of halogens is 2. The Kier molecular flexibility index (Phi) is 5.96. The fourth-order valence-corrected chi connectivity index (χ4v) is 4.08. The van der Waals surface area contributed by atoms with Crippen molar-refractivity contribution in [3.63, 3.8) is 0 Å². The van der Waals surface area contributed by atoms with Crippen LogP contribution in [0.4, 0.5) is 5.69 Å². The number of hydrogen-bond acceptors (Lipinski definition) is 4. The first-order chi connectivity index (χ1) is 15.3. The van der Waals surface area contributed by atoms with Gasteiger partial charge in [-0.1, -0.05) is 47.5 Å². The number of aryl methyl sites for hydroxylation is 1. The first-order valence-corrected chi connectivity index (χ1v) is 10.5. The van der Waals surface area contributed by atoms with E-state index in [9.17, 15) is 14.7 Å². The molecular weight excluding hydrogens is 449 g/mol. The van der Waals surface area contributed by atoms with Gasteiger partial charge in [-0.05, 0) is 60.5 Å². The molecule has 0 radical (unpaired) electrons. The maximum absolute atomic E-state index is 13.2. The zero-order valence-corrected chi connectivity index (χ0v) is 18.8. The summed E-state index contributed by atoms with van der Waals surface area (Å²) in [6, 6.07) is 18.0. The van der Waals surface area contributed by atoms with Crippen molar-refractivity contribution in [1.29, 1.82) is 0 Å². The van der Waals surface area contributed by atoms with Crippen LogP contribution in [0.15, 0.2) is 72.3 Å². The van der Waals surface area contributed by atoms with Crippen LogP contribution in [-0.4, -0.2) is 23.9 Å². The molecule has 0 aliphatic carbocycles. The number of hydrogen-bond donors (Lipinski definition) is 1. The van der Waals surface area contributed by atoms with E-state index in [-0.39, 0.29) is 16.4 Å². The van der Waals surface area contributed by atoms with Gasteiger partial charge in [0.1, 0.15) is 11.5 Å². The van der Waals surface area contributed by atoms with Crippen LogP contribution in [0.5, 0.6) is 5.75 Å². The molecule has 32 heavy (non-hydrogen) atoms. The number of aliphatic hydroxyl groups is 1. The Morgan fingerprint density at radius 3 is 2.31 bits per heavy atom. The third kappa shape index (κ3) is 3.85. The van der Waals surface area contributed by atoms with Crippen molar-refractivity contribution < 1.29 is 19.4 Å². The summed E-state index contributed by atoms with van der Waals surface area (Å²) in [5.74, 6) is -1.20. The zero-order chi connectivity index (χ0) is 23.0. The predicted molar refractivity (Wildman–Crippen MR) is 125 cm³/mol. The van der Waals surface area contributed by atoms with E-state index in [1.54, 1.807) is 43.5 Å². The molecule has 1 aliphatic rings. The number of nitrogens with zero attached hydrogens (tertiary/aromatic N) is 1. The smallest absolute Gasteiger partial charge is 0.300 e. The molecule has 5 nitrogen and oxygen atoms in total. The van der Waals surface area contributed by atoms with E-state index in [0.29, 0.717) is 27.6 Å². The molecule has 1 amide bonds. The highest BCUT2D eigenvalue weighted by Gasteiger charge is 2.47. The fraction of sp³-hybridized carbons (Fsp3) is 0.120. The van der Waals surface area contributed by atoms with Crippen LogP contribution in [0.1, 0.15) is 22.7 Å². The lowest BCUT2D eigenvalue weighted by atomic mass is 9.95. The molecule has 1 saturated heterocycles. The van der Waals surface area contributed by atoms with Gasteiger partial charge in [0.15, 0.2) is 0 Å². The van der Waals surface area contributed by atoms with Crippen LogP contribution < -0.4 is 9.64 Å². The Bertz CT molecular complexity index is 1250. The maximum atomic E-state index is 13.2. The standard InChI is InChI=1S/C25H19Cl2NO4/c1-14-4-3-5-17(12-14)28-22(15-6-9-18(32-2)10-7-15)21(24(30)25(28)31)23(29)16-8-11-19(26)20(27)13-16/h3-13,22,29H,1-2H3/b23-21-. The van der Waals surface area contributed by atoms with E-state index < -0.39 is 17.7 Å². The molecule has 0 aromatic heterocycles. The number of anilines is 1. The van der Waals surface area contributed by atoms with Gasteiger partial charge in [0.25, 0.3) is 11.7 Å². The summed E-state index contributed by atoms with van der Waals surface area (Å²) in [6.07, 6.45) is 0. The molecule has 1 unspecified atom stereocenters. The van der Waals surface area contributed by atoms with Gasteiger partial charge in [-0.3, -0.25) is 14.5 Å². The highest BCUT2D eigenvalue weighted by molar-refractivity contribution is 6.51. The SMILES string of the molecule is COc1ccc(C2/C(=C(/O)c3ccc(Cl)c(Cl)c3)C(=O)C(=O)N2c2cccc(C)c2)cc1. The Labute approximate surface area is 195 Å². The quantitative estimate of drug-likeness (QED) is 0.293. The van der Waals surface area contributed by atoms with Crippen molar-refractivity contribution in [2.75, 3.05) is 12.0 Å². The largest absolute Gasteiger partial charge is 0.507 e. The molecule has 1 heterocycles. The highest BCUT2D eigenvalue weighted by Crippen LogP contribution is 2.43. The predicted octanol–water partition coefficient (Wildman–Crippen LogP) is 5.94. The second-order valence-corrected chi connectivity index (χ2v) is 8.22. The minimum atomic E-state index is -0.836. The number of benzene rings is 3. The Morgan fingerprint density at radius 2 is 1.69 bits per heavy atom. The summed E-state index contributed by atoms with van der Waals surface area (Å²) < 4.78 is 5.23. The summed E-state index contributed by atoms with van der Waals surface area (Å²) in [6.45, 7) is 1.90. The number of ether oxygens (including phenoxy) is 1. The van der Waals surface area contributed by atoms with Crippen molar-refractivity contribution in [2.45, 2.75) is 13.0 Å². The lowest BCUT2D eigenvalue weighted by molar-refractivity contribution is -0.132. The van der Waals surface area contributed by atoms with E-state index in [2.05, 4.69) is 0 Å². The van der Waals surface area contributed by atoms with Crippen LogP contribution in [0.2, 0.25) is 10.0 Å². The van der Waals surface area contributed by atoms with Crippen LogP contribution >= 0.6 is 23.2 Å². The van der Waals surface area contributed by atoms with Gasteiger partial charge in [-0.25, -0.2) is 0 Å². The summed E-state index contributed by atoms with van der Waals surface area (Å²) in [7, 11) is 1.55. The molecular formula is C25H19Cl2NO4. The molecule has 1 aliphatic heterocycles. The molecule has 0 spiro atoms.